The summed E-state index contributed by atoms with van der Waals surface area (Å²) < 4.78 is 13.6. The summed E-state index contributed by atoms with van der Waals surface area (Å²) in [5.74, 6) is 1.23. The Balaban J connectivity index is 2.30. The van der Waals surface area contributed by atoms with Crippen molar-refractivity contribution in [3.8, 4) is 22.8 Å². The van der Waals surface area contributed by atoms with Gasteiger partial charge in [-0.25, -0.2) is 4.79 Å². The van der Waals surface area contributed by atoms with Gasteiger partial charge in [-0.3, -0.25) is 13.9 Å². The van der Waals surface area contributed by atoms with Crippen molar-refractivity contribution < 1.29 is 9.47 Å². The SMILES string of the molecule is COc1cc2c(cc1OC)-c1cc(=O)n(C(C)C)c(=O)n1CC2. The van der Waals surface area contributed by atoms with Crippen molar-refractivity contribution in [2.24, 2.45) is 0 Å². The summed E-state index contributed by atoms with van der Waals surface area (Å²) in [7, 11) is 3.16. The first-order valence-electron chi connectivity index (χ1n) is 7.59. The van der Waals surface area contributed by atoms with Gasteiger partial charge in [0.05, 0.1) is 19.9 Å². The number of fused-ring (bicyclic) bond motifs is 3. The lowest BCUT2D eigenvalue weighted by molar-refractivity contribution is 0.354. The summed E-state index contributed by atoms with van der Waals surface area (Å²) in [6.45, 7) is 4.21. The summed E-state index contributed by atoms with van der Waals surface area (Å²) >= 11 is 0. The predicted octanol–water partition coefficient (Wildman–Crippen LogP) is 1.83. The Bertz CT molecular complexity index is 877. The van der Waals surface area contributed by atoms with Gasteiger partial charge in [-0.2, -0.15) is 0 Å². The molecule has 0 fully saturated rings. The Labute approximate surface area is 133 Å². The summed E-state index contributed by atoms with van der Waals surface area (Å²) in [4.78, 5) is 25.0. The van der Waals surface area contributed by atoms with Gasteiger partial charge in [-0.15, -0.1) is 0 Å². The molecule has 1 aromatic carbocycles. The topological polar surface area (TPSA) is 62.5 Å². The van der Waals surface area contributed by atoms with Crippen molar-refractivity contribution >= 4 is 0 Å². The minimum Gasteiger partial charge on any atom is -0.493 e. The molecule has 2 aromatic rings. The number of methoxy groups -OCH3 is 2. The number of ether oxygens (including phenoxy) is 2. The van der Waals surface area contributed by atoms with Crippen LogP contribution in [-0.2, 0) is 13.0 Å². The van der Waals surface area contributed by atoms with Crippen LogP contribution in [0.3, 0.4) is 0 Å². The number of nitrogens with zero attached hydrogens (tertiary/aromatic N) is 2. The number of hydrogen-bond donors (Lipinski definition) is 0. The van der Waals surface area contributed by atoms with Gasteiger partial charge in [0.25, 0.3) is 5.56 Å². The van der Waals surface area contributed by atoms with Gasteiger partial charge in [0, 0.05) is 24.2 Å². The van der Waals surface area contributed by atoms with E-state index in [1.807, 2.05) is 26.0 Å². The molecule has 0 unspecified atom stereocenters. The number of aryl methyl sites for hydroxylation is 1. The lowest BCUT2D eigenvalue weighted by Crippen LogP contribution is -2.42. The molecule has 3 rings (SSSR count). The third kappa shape index (κ3) is 2.34. The molecular formula is C17H20N2O4. The summed E-state index contributed by atoms with van der Waals surface area (Å²) in [6.07, 6.45) is 0.707. The van der Waals surface area contributed by atoms with Gasteiger partial charge in [-0.05, 0) is 38.0 Å². The molecule has 2 heterocycles. The minimum atomic E-state index is -0.279. The van der Waals surface area contributed by atoms with Gasteiger partial charge in [0.1, 0.15) is 0 Å². The second-order valence-corrected chi connectivity index (χ2v) is 5.88. The van der Waals surface area contributed by atoms with E-state index < -0.39 is 0 Å². The number of aromatic nitrogens is 2. The van der Waals surface area contributed by atoms with Crippen molar-refractivity contribution in [1.29, 1.82) is 0 Å². The maximum atomic E-state index is 12.6. The lowest BCUT2D eigenvalue weighted by Gasteiger charge is -2.24. The molecule has 23 heavy (non-hydrogen) atoms. The highest BCUT2D eigenvalue weighted by molar-refractivity contribution is 5.70. The second kappa shape index (κ2) is 5.61. The Morgan fingerprint density at radius 2 is 1.70 bits per heavy atom. The molecule has 0 amide bonds. The van der Waals surface area contributed by atoms with Crippen molar-refractivity contribution in [3.05, 3.63) is 44.6 Å². The highest BCUT2D eigenvalue weighted by Gasteiger charge is 2.23. The Hall–Kier alpha value is -2.50. The first-order chi connectivity index (χ1) is 11.0. The van der Waals surface area contributed by atoms with Gasteiger partial charge < -0.3 is 9.47 Å². The van der Waals surface area contributed by atoms with Gasteiger partial charge >= 0.3 is 5.69 Å². The van der Waals surface area contributed by atoms with Crippen LogP contribution in [0, 0.1) is 0 Å². The van der Waals surface area contributed by atoms with Crippen molar-refractivity contribution in [1.82, 2.24) is 9.13 Å². The van der Waals surface area contributed by atoms with E-state index in [1.165, 1.54) is 10.6 Å². The fourth-order valence-electron chi connectivity index (χ4n) is 3.10. The van der Waals surface area contributed by atoms with E-state index in [4.69, 9.17) is 9.47 Å². The number of benzene rings is 1. The van der Waals surface area contributed by atoms with Crippen molar-refractivity contribution in [2.45, 2.75) is 32.9 Å². The smallest absolute Gasteiger partial charge is 0.331 e. The maximum absolute atomic E-state index is 12.6. The first-order valence-corrected chi connectivity index (χ1v) is 7.59. The molecule has 1 aromatic heterocycles. The third-order valence-corrected chi connectivity index (χ3v) is 4.23. The number of hydrogen-bond acceptors (Lipinski definition) is 4. The molecule has 0 spiro atoms. The normalized spacial score (nSPS) is 12.7. The van der Waals surface area contributed by atoms with E-state index in [0.29, 0.717) is 30.2 Å². The molecule has 0 aliphatic carbocycles. The van der Waals surface area contributed by atoms with Crippen LogP contribution >= 0.6 is 0 Å². The van der Waals surface area contributed by atoms with Crippen LogP contribution in [0.25, 0.3) is 11.3 Å². The molecule has 122 valence electrons. The van der Waals surface area contributed by atoms with E-state index in [9.17, 15) is 9.59 Å². The first kappa shape index (κ1) is 15.4. The average Bonchev–Trinajstić information content (AvgIpc) is 2.52. The zero-order valence-electron chi connectivity index (χ0n) is 13.8. The van der Waals surface area contributed by atoms with Crippen LogP contribution in [0.2, 0.25) is 0 Å². The van der Waals surface area contributed by atoms with Gasteiger partial charge in [0.2, 0.25) is 0 Å². The molecule has 0 saturated heterocycles. The van der Waals surface area contributed by atoms with Crippen LogP contribution < -0.4 is 20.7 Å². The molecular weight excluding hydrogens is 296 g/mol. The van der Waals surface area contributed by atoms with E-state index in [1.54, 1.807) is 18.8 Å². The average molecular weight is 316 g/mol. The van der Waals surface area contributed by atoms with E-state index in [0.717, 1.165) is 11.1 Å². The van der Waals surface area contributed by atoms with E-state index in [2.05, 4.69) is 0 Å². The highest BCUT2D eigenvalue weighted by atomic mass is 16.5. The fourth-order valence-corrected chi connectivity index (χ4v) is 3.10. The highest BCUT2D eigenvalue weighted by Crippen LogP contribution is 2.37. The minimum absolute atomic E-state index is 0.167. The molecule has 6 nitrogen and oxygen atoms in total. The molecule has 0 radical (unpaired) electrons. The van der Waals surface area contributed by atoms with Crippen LogP contribution in [0.4, 0.5) is 0 Å². The fraction of sp³-hybridized carbons (Fsp3) is 0.412. The molecule has 0 atom stereocenters. The Morgan fingerprint density at radius 1 is 1.04 bits per heavy atom. The molecule has 6 heteroatoms. The number of rotatable bonds is 3. The molecule has 1 aliphatic heterocycles. The lowest BCUT2D eigenvalue weighted by atomic mass is 9.97. The largest absolute Gasteiger partial charge is 0.493 e. The van der Waals surface area contributed by atoms with Crippen molar-refractivity contribution in [3.63, 3.8) is 0 Å². The van der Waals surface area contributed by atoms with Crippen molar-refractivity contribution in [2.75, 3.05) is 14.2 Å². The standard InChI is InChI=1S/C17H20N2O4/c1-10(2)19-16(20)9-13-12-8-15(23-4)14(22-3)7-11(12)5-6-18(13)17(19)21/h7-10H,5-6H2,1-4H3. The van der Waals surface area contributed by atoms with Gasteiger partial charge in [-0.1, -0.05) is 0 Å². The second-order valence-electron chi connectivity index (χ2n) is 5.88. The maximum Gasteiger partial charge on any atom is 0.331 e. The molecule has 0 N–H and O–H groups in total. The molecule has 0 saturated carbocycles. The van der Waals surface area contributed by atoms with E-state index >= 15 is 0 Å². The van der Waals surface area contributed by atoms with E-state index in [-0.39, 0.29) is 17.3 Å². The van der Waals surface area contributed by atoms with Crippen LogP contribution in [0.1, 0.15) is 25.5 Å². The summed E-state index contributed by atoms with van der Waals surface area (Å²) in [5.41, 5.74) is 1.99. The summed E-state index contributed by atoms with van der Waals surface area (Å²) in [6, 6.07) is 5.11. The molecule has 0 bridgehead atoms. The Morgan fingerprint density at radius 3 is 2.30 bits per heavy atom. The van der Waals surface area contributed by atoms with Crippen LogP contribution in [0.15, 0.2) is 27.8 Å². The van der Waals surface area contributed by atoms with Crippen LogP contribution in [0.5, 0.6) is 11.5 Å². The quantitative estimate of drug-likeness (QED) is 0.867. The molecule has 1 aliphatic rings. The van der Waals surface area contributed by atoms with Crippen LogP contribution in [-0.4, -0.2) is 23.4 Å². The zero-order valence-corrected chi connectivity index (χ0v) is 13.8. The third-order valence-electron chi connectivity index (χ3n) is 4.23. The summed E-state index contributed by atoms with van der Waals surface area (Å²) in [5, 5.41) is 0. The zero-order chi connectivity index (χ0) is 16.7. The Kier molecular flexibility index (Phi) is 3.75. The van der Waals surface area contributed by atoms with Gasteiger partial charge in [0.15, 0.2) is 11.5 Å². The monoisotopic (exact) mass is 316 g/mol. The predicted molar refractivity (Wildman–Crippen MR) is 87.6 cm³/mol.